The third kappa shape index (κ3) is 4.67. The third-order valence-electron chi connectivity index (χ3n) is 4.23. The van der Waals surface area contributed by atoms with Crippen LogP contribution in [0.1, 0.15) is 31.3 Å². The summed E-state index contributed by atoms with van der Waals surface area (Å²) in [6.07, 6.45) is 1.40. The van der Waals surface area contributed by atoms with E-state index >= 15 is 0 Å². The highest BCUT2D eigenvalue weighted by Gasteiger charge is 2.15. The molecule has 3 rings (SSSR count). The SMILES string of the molecule is COc1ccc(C(=O)N(C)C)cc1NC(=O)c1cccc(NC(=O)c2ccco2)c1. The number of carbonyl (C=O) groups excluding carboxylic acids is 3. The average molecular weight is 407 g/mol. The van der Waals surface area contributed by atoms with Crippen molar-refractivity contribution in [2.24, 2.45) is 0 Å². The molecule has 0 aliphatic carbocycles. The van der Waals surface area contributed by atoms with Gasteiger partial charge >= 0.3 is 0 Å². The summed E-state index contributed by atoms with van der Waals surface area (Å²) < 4.78 is 10.3. The first-order valence-electron chi connectivity index (χ1n) is 9.05. The normalized spacial score (nSPS) is 10.2. The maximum atomic E-state index is 12.8. The van der Waals surface area contributed by atoms with Crippen LogP contribution < -0.4 is 15.4 Å². The van der Waals surface area contributed by atoms with Crippen LogP contribution in [-0.4, -0.2) is 43.8 Å². The molecule has 0 aliphatic heterocycles. The lowest BCUT2D eigenvalue weighted by Crippen LogP contribution is -2.22. The Morgan fingerprint density at radius 3 is 2.37 bits per heavy atom. The largest absolute Gasteiger partial charge is 0.495 e. The van der Waals surface area contributed by atoms with Crippen molar-refractivity contribution in [1.82, 2.24) is 4.90 Å². The van der Waals surface area contributed by atoms with Crippen molar-refractivity contribution in [3.63, 3.8) is 0 Å². The molecule has 2 N–H and O–H groups in total. The summed E-state index contributed by atoms with van der Waals surface area (Å²) in [5, 5.41) is 5.43. The zero-order chi connectivity index (χ0) is 21.7. The van der Waals surface area contributed by atoms with Gasteiger partial charge in [-0.15, -0.1) is 0 Å². The third-order valence-corrected chi connectivity index (χ3v) is 4.23. The number of nitrogens with zero attached hydrogens (tertiary/aromatic N) is 1. The molecule has 8 nitrogen and oxygen atoms in total. The summed E-state index contributed by atoms with van der Waals surface area (Å²) in [7, 11) is 4.77. The van der Waals surface area contributed by atoms with E-state index in [9.17, 15) is 14.4 Å². The molecule has 8 heteroatoms. The zero-order valence-corrected chi connectivity index (χ0v) is 16.8. The number of anilines is 2. The molecule has 0 atom stereocenters. The summed E-state index contributed by atoms with van der Waals surface area (Å²) in [4.78, 5) is 38.6. The molecule has 154 valence electrons. The maximum absolute atomic E-state index is 12.8. The molecule has 0 fully saturated rings. The topological polar surface area (TPSA) is 101 Å². The molecule has 0 bridgehead atoms. The van der Waals surface area contributed by atoms with E-state index in [1.807, 2.05) is 0 Å². The second kappa shape index (κ2) is 8.95. The number of hydrogen-bond donors (Lipinski definition) is 2. The molecule has 0 saturated heterocycles. The molecule has 1 heterocycles. The standard InChI is InChI=1S/C22H21N3O5/c1-25(2)22(28)15-9-10-18(29-3)17(13-15)24-20(26)14-6-4-7-16(12-14)23-21(27)19-8-5-11-30-19/h4-13H,1-3H3,(H,23,27)(H,24,26). The van der Waals surface area contributed by atoms with Gasteiger partial charge in [0.1, 0.15) is 5.75 Å². The number of carbonyl (C=O) groups is 3. The van der Waals surface area contributed by atoms with Crippen LogP contribution in [0.5, 0.6) is 5.75 Å². The van der Waals surface area contributed by atoms with Crippen molar-refractivity contribution in [2.75, 3.05) is 31.8 Å². The molecule has 3 aromatic rings. The molecular formula is C22H21N3O5. The predicted molar refractivity (Wildman–Crippen MR) is 112 cm³/mol. The average Bonchev–Trinajstić information content (AvgIpc) is 3.28. The minimum atomic E-state index is -0.422. The Morgan fingerprint density at radius 2 is 1.70 bits per heavy atom. The van der Waals surface area contributed by atoms with Crippen molar-refractivity contribution in [2.45, 2.75) is 0 Å². The van der Waals surface area contributed by atoms with Crippen molar-refractivity contribution in [3.8, 4) is 5.75 Å². The number of furan rings is 1. The minimum absolute atomic E-state index is 0.164. The van der Waals surface area contributed by atoms with Crippen LogP contribution in [-0.2, 0) is 0 Å². The Bertz CT molecular complexity index is 1070. The van der Waals surface area contributed by atoms with E-state index in [0.717, 1.165) is 0 Å². The molecule has 0 saturated carbocycles. The predicted octanol–water partition coefficient (Wildman–Crippen LogP) is 3.49. The van der Waals surface area contributed by atoms with Gasteiger partial charge in [-0.3, -0.25) is 14.4 Å². The highest BCUT2D eigenvalue weighted by Crippen LogP contribution is 2.27. The summed E-state index contributed by atoms with van der Waals surface area (Å²) in [5.41, 5.74) is 1.53. The van der Waals surface area contributed by atoms with E-state index < -0.39 is 11.8 Å². The number of benzene rings is 2. The van der Waals surface area contributed by atoms with Crippen molar-refractivity contribution in [3.05, 3.63) is 77.7 Å². The van der Waals surface area contributed by atoms with Crippen LogP contribution >= 0.6 is 0 Å². The fraction of sp³-hybridized carbons (Fsp3) is 0.136. The molecule has 1 aromatic heterocycles. The fourth-order valence-electron chi connectivity index (χ4n) is 2.73. The van der Waals surface area contributed by atoms with Gasteiger partial charge in [0.15, 0.2) is 5.76 Å². The monoisotopic (exact) mass is 407 g/mol. The number of hydrogen-bond acceptors (Lipinski definition) is 5. The van der Waals surface area contributed by atoms with Gasteiger partial charge in [0, 0.05) is 30.9 Å². The van der Waals surface area contributed by atoms with E-state index in [1.54, 1.807) is 62.6 Å². The van der Waals surface area contributed by atoms with Gasteiger partial charge in [-0.05, 0) is 48.5 Å². The Labute approximate surface area is 173 Å². The first kappa shape index (κ1) is 20.7. The second-order valence-electron chi connectivity index (χ2n) is 6.58. The number of amides is 3. The Kier molecular flexibility index (Phi) is 6.17. The molecule has 0 unspecified atom stereocenters. The Morgan fingerprint density at radius 1 is 0.900 bits per heavy atom. The minimum Gasteiger partial charge on any atom is -0.495 e. The lowest BCUT2D eigenvalue weighted by Gasteiger charge is -2.14. The maximum Gasteiger partial charge on any atom is 0.291 e. The zero-order valence-electron chi connectivity index (χ0n) is 16.8. The molecule has 0 spiro atoms. The molecule has 2 aromatic carbocycles. The van der Waals surface area contributed by atoms with Crippen LogP contribution in [0.15, 0.2) is 65.3 Å². The first-order valence-corrected chi connectivity index (χ1v) is 9.05. The Balaban J connectivity index is 1.80. The molecule has 30 heavy (non-hydrogen) atoms. The second-order valence-corrected chi connectivity index (χ2v) is 6.58. The van der Waals surface area contributed by atoms with E-state index in [4.69, 9.17) is 9.15 Å². The molecule has 0 radical (unpaired) electrons. The van der Waals surface area contributed by atoms with Gasteiger partial charge in [0.05, 0.1) is 19.1 Å². The summed E-state index contributed by atoms with van der Waals surface area (Å²) in [5.74, 6) is -0.459. The van der Waals surface area contributed by atoms with Crippen molar-refractivity contribution >= 4 is 29.1 Å². The van der Waals surface area contributed by atoms with Gasteiger partial charge in [0.25, 0.3) is 17.7 Å². The van der Waals surface area contributed by atoms with Crippen LogP contribution in [0, 0.1) is 0 Å². The van der Waals surface area contributed by atoms with E-state index in [0.29, 0.717) is 28.3 Å². The first-order chi connectivity index (χ1) is 14.4. The summed E-state index contributed by atoms with van der Waals surface area (Å²) in [6.45, 7) is 0. The van der Waals surface area contributed by atoms with Crippen molar-refractivity contribution in [1.29, 1.82) is 0 Å². The van der Waals surface area contributed by atoms with Crippen LogP contribution in [0.4, 0.5) is 11.4 Å². The highest BCUT2D eigenvalue weighted by atomic mass is 16.5. The summed E-state index contributed by atoms with van der Waals surface area (Å²) in [6, 6.07) is 14.4. The van der Waals surface area contributed by atoms with E-state index in [1.165, 1.54) is 24.3 Å². The van der Waals surface area contributed by atoms with E-state index in [2.05, 4.69) is 10.6 Å². The lowest BCUT2D eigenvalue weighted by atomic mass is 10.1. The number of methoxy groups -OCH3 is 1. The molecule has 3 amide bonds. The van der Waals surface area contributed by atoms with Gasteiger partial charge in [-0.1, -0.05) is 6.07 Å². The van der Waals surface area contributed by atoms with Crippen LogP contribution in [0.3, 0.4) is 0 Å². The van der Waals surface area contributed by atoms with E-state index in [-0.39, 0.29) is 11.7 Å². The van der Waals surface area contributed by atoms with Gasteiger partial charge in [0.2, 0.25) is 0 Å². The number of ether oxygens (including phenoxy) is 1. The van der Waals surface area contributed by atoms with Gasteiger partial charge < -0.3 is 24.7 Å². The highest BCUT2D eigenvalue weighted by molar-refractivity contribution is 6.07. The fourth-order valence-corrected chi connectivity index (χ4v) is 2.73. The molecular weight excluding hydrogens is 386 g/mol. The Hall–Kier alpha value is -4.07. The molecule has 0 aliphatic rings. The quantitative estimate of drug-likeness (QED) is 0.651. The lowest BCUT2D eigenvalue weighted by molar-refractivity contribution is 0.0827. The number of rotatable bonds is 6. The number of nitrogens with one attached hydrogen (secondary N) is 2. The van der Waals surface area contributed by atoms with Gasteiger partial charge in [-0.2, -0.15) is 0 Å². The smallest absolute Gasteiger partial charge is 0.291 e. The van der Waals surface area contributed by atoms with Crippen LogP contribution in [0.2, 0.25) is 0 Å². The van der Waals surface area contributed by atoms with Crippen molar-refractivity contribution < 1.29 is 23.5 Å². The summed E-state index contributed by atoms with van der Waals surface area (Å²) >= 11 is 0. The van der Waals surface area contributed by atoms with Gasteiger partial charge in [-0.25, -0.2) is 0 Å². The van der Waals surface area contributed by atoms with Crippen LogP contribution in [0.25, 0.3) is 0 Å².